The van der Waals surface area contributed by atoms with Gasteiger partial charge in [0.1, 0.15) is 0 Å². The molecule has 3 aliphatic carbocycles. The van der Waals surface area contributed by atoms with Crippen LogP contribution in [0.15, 0.2) is 51.0 Å². The van der Waals surface area contributed by atoms with Crippen LogP contribution >= 0.6 is 0 Å². The van der Waals surface area contributed by atoms with Gasteiger partial charge in [-0.1, -0.05) is 0 Å². The van der Waals surface area contributed by atoms with Crippen molar-refractivity contribution in [3.63, 3.8) is 0 Å². The fourth-order valence-electron chi connectivity index (χ4n) is 9.45. The van der Waals surface area contributed by atoms with Crippen molar-refractivity contribution in [3.8, 4) is 11.1 Å². The molecule has 0 saturated heterocycles. The maximum atomic E-state index is 2.77. The molecule has 0 saturated carbocycles. The van der Waals surface area contributed by atoms with E-state index < -0.39 is 29.3 Å². The number of fused-ring (bicyclic) bond motifs is 8. The molecule has 0 aliphatic heterocycles. The summed E-state index contributed by atoms with van der Waals surface area (Å²) in [6.45, 7) is 32.7. The second-order valence-electron chi connectivity index (χ2n) is 15.5. The molecule has 0 amide bonds. The predicted octanol–water partition coefficient (Wildman–Crippen LogP) is 5.43. The number of allylic oxidation sites excluding steroid dienone is 4. The molecule has 0 radical (unpaired) electrons. The summed E-state index contributed by atoms with van der Waals surface area (Å²) in [7, 11) is -1.35. The van der Waals surface area contributed by atoms with Crippen LogP contribution in [0, 0.1) is 32.6 Å². The third kappa shape index (κ3) is 4.95. The fraction of sp³-hybridized carbons (Fsp3) is 0.475. The Bertz CT molecular complexity index is 1760. The zero-order valence-electron chi connectivity index (χ0n) is 29.3. The molecule has 0 fully saturated rings. The third-order valence-corrected chi connectivity index (χ3v) is 23.4. The Morgan fingerprint density at radius 1 is 0.864 bits per heavy atom. The summed E-state index contributed by atoms with van der Waals surface area (Å²) in [5.74, 6) is 2.27. The minimum Gasteiger partial charge on any atom is -1.00 e. The maximum Gasteiger partial charge on any atom is -1.00 e. The largest absolute Gasteiger partial charge is 1.00 e. The van der Waals surface area contributed by atoms with Crippen molar-refractivity contribution in [2.24, 2.45) is 11.8 Å². The fourth-order valence-corrected chi connectivity index (χ4v) is 21.4. The summed E-state index contributed by atoms with van der Waals surface area (Å²) in [6.07, 6.45) is 6.57. The van der Waals surface area contributed by atoms with Gasteiger partial charge in [-0.05, 0) is 0 Å². The number of rotatable bonds is 3. The number of hydrogen-bond acceptors (Lipinski definition) is 0. The summed E-state index contributed by atoms with van der Waals surface area (Å²) in [5, 5.41) is 4.70. The summed E-state index contributed by atoms with van der Waals surface area (Å²) in [6, 6.07) is 12.0. The van der Waals surface area contributed by atoms with E-state index in [1.54, 1.807) is 36.2 Å². The van der Waals surface area contributed by atoms with Crippen LogP contribution in [0.3, 0.4) is 0 Å². The van der Waals surface area contributed by atoms with Crippen LogP contribution in [0.2, 0.25) is 19.6 Å². The first-order valence-corrected chi connectivity index (χ1v) is 23.6. The average Bonchev–Trinajstić information content (AvgIpc) is 3.52. The quantitative estimate of drug-likeness (QED) is 0.317. The Balaban J connectivity index is 0.00000221. The van der Waals surface area contributed by atoms with Gasteiger partial charge in [0.25, 0.3) is 0 Å². The monoisotopic (exact) mass is 720 g/mol. The van der Waals surface area contributed by atoms with E-state index in [9.17, 15) is 0 Å². The van der Waals surface area contributed by atoms with Crippen molar-refractivity contribution in [3.05, 3.63) is 89.9 Å². The van der Waals surface area contributed by atoms with Crippen LogP contribution in [-0.2, 0) is 24.4 Å². The van der Waals surface area contributed by atoms with Gasteiger partial charge in [0, 0.05) is 0 Å². The number of hydrogen-bond donors (Lipinski definition) is 0. The molecule has 0 bridgehead atoms. The van der Waals surface area contributed by atoms with E-state index in [0.29, 0.717) is 23.7 Å². The first kappa shape index (κ1) is 35.8. The maximum absolute atomic E-state index is 2.77. The van der Waals surface area contributed by atoms with E-state index in [1.165, 1.54) is 39.4 Å². The first-order chi connectivity index (χ1) is 19.6. The number of halogens is 2. The molecular weight excluding hydrogens is 671 g/mol. The molecular formula is C40H52Cl2SiZr. The van der Waals surface area contributed by atoms with Crippen molar-refractivity contribution in [2.75, 3.05) is 0 Å². The normalized spacial score (nSPS) is 25.1. The van der Waals surface area contributed by atoms with Crippen LogP contribution < -0.4 is 24.8 Å². The topological polar surface area (TPSA) is 0 Å². The zero-order valence-corrected chi connectivity index (χ0v) is 34.3. The zero-order chi connectivity index (χ0) is 30.6. The molecule has 0 spiro atoms. The van der Waals surface area contributed by atoms with Gasteiger partial charge in [0.2, 0.25) is 0 Å². The Morgan fingerprint density at radius 2 is 1.48 bits per heavy atom. The minimum absolute atomic E-state index is 0. The van der Waals surface area contributed by atoms with Gasteiger partial charge in [0.15, 0.2) is 0 Å². The van der Waals surface area contributed by atoms with E-state index in [2.05, 4.69) is 131 Å². The smallest absolute Gasteiger partial charge is 1.00 e. The molecule has 3 aromatic carbocycles. The third-order valence-electron chi connectivity index (χ3n) is 12.2. The van der Waals surface area contributed by atoms with Crippen LogP contribution in [-0.4, -0.2) is 11.3 Å². The Hall–Kier alpha value is -1.05. The van der Waals surface area contributed by atoms with Crippen LogP contribution in [0.1, 0.15) is 106 Å². The molecule has 5 atom stereocenters. The van der Waals surface area contributed by atoms with Crippen molar-refractivity contribution >= 4 is 22.1 Å². The van der Waals surface area contributed by atoms with Crippen LogP contribution in [0.5, 0.6) is 0 Å². The van der Waals surface area contributed by atoms with Gasteiger partial charge in [-0.2, -0.15) is 0 Å². The second kappa shape index (κ2) is 12.2. The van der Waals surface area contributed by atoms with E-state index in [1.807, 2.05) is 3.28 Å². The summed E-state index contributed by atoms with van der Waals surface area (Å²) >= 11 is -2.37. The van der Waals surface area contributed by atoms with Crippen molar-refractivity contribution in [1.82, 2.24) is 0 Å². The second-order valence-corrected chi connectivity index (χ2v) is 29.1. The standard InChI is InChI=1S/C29H33.C8H13Si.C3H6.2ClH.Zr/c1-14-13-24-25(18(5)15(14)2)21(8)28-27-20(7)17(4)16(3)19(6)26(27)22-11-9-10-12-23(22)29(24)28;1-9(2,3)8-6-4-5-7-8;1-3-2;;;/h9-13,16-17,19,21H,1-8H3;6-7H,4H2,1-3H3;1-2H3;2*1H;/q;;;;;+2/p-2. The Labute approximate surface area is 289 Å². The molecule has 44 heavy (non-hydrogen) atoms. The van der Waals surface area contributed by atoms with E-state index in [4.69, 9.17) is 0 Å². The van der Waals surface area contributed by atoms with E-state index in [-0.39, 0.29) is 27.9 Å². The van der Waals surface area contributed by atoms with Crippen molar-refractivity contribution in [1.29, 1.82) is 0 Å². The number of benzene rings is 3. The molecule has 5 unspecified atom stereocenters. The Morgan fingerprint density at radius 3 is 2.05 bits per heavy atom. The van der Waals surface area contributed by atoms with Crippen molar-refractivity contribution in [2.45, 2.75) is 110 Å². The summed E-state index contributed by atoms with van der Waals surface area (Å²) < 4.78 is 3.83. The minimum atomic E-state index is -2.37. The number of aryl methyl sites for hydroxylation is 1. The van der Waals surface area contributed by atoms with Gasteiger partial charge in [-0.25, -0.2) is 0 Å². The molecule has 0 aromatic heterocycles. The molecule has 3 aromatic rings. The van der Waals surface area contributed by atoms with Gasteiger partial charge in [-0.3, -0.25) is 0 Å². The van der Waals surface area contributed by atoms with Gasteiger partial charge >= 0.3 is 266 Å². The predicted molar refractivity (Wildman–Crippen MR) is 186 cm³/mol. The molecule has 6 rings (SSSR count). The van der Waals surface area contributed by atoms with Crippen LogP contribution in [0.4, 0.5) is 0 Å². The van der Waals surface area contributed by atoms with E-state index in [0.717, 1.165) is 0 Å². The van der Waals surface area contributed by atoms with Crippen LogP contribution in [0.25, 0.3) is 21.9 Å². The SMILES string of the molecule is C[C](C)=[Zr+2]([C]1=CC([Si](C)(C)C)=CC1)[C]1(C)c2c3c(c4ccccc4c2C(C)C(C)C1C)-c1cc(C)c(C)c(C)c1C3C.[Cl-].[Cl-]. The van der Waals surface area contributed by atoms with Gasteiger partial charge in [-0.15, -0.1) is 0 Å². The molecule has 4 heteroatoms. The van der Waals surface area contributed by atoms with E-state index >= 15 is 0 Å². The first-order valence-electron chi connectivity index (χ1n) is 16.4. The molecule has 0 N–H and O–H groups in total. The van der Waals surface area contributed by atoms with Crippen molar-refractivity contribution < 1.29 is 46.1 Å². The van der Waals surface area contributed by atoms with Gasteiger partial charge < -0.3 is 24.8 Å². The Kier molecular flexibility index (Phi) is 9.92. The molecule has 0 nitrogen and oxygen atoms in total. The van der Waals surface area contributed by atoms with Gasteiger partial charge in [0.05, 0.1) is 0 Å². The summed E-state index contributed by atoms with van der Waals surface area (Å²) in [4.78, 5) is 0. The average molecular weight is 723 g/mol. The summed E-state index contributed by atoms with van der Waals surface area (Å²) in [5.41, 5.74) is 14.3. The molecule has 3 aliphatic rings. The molecule has 234 valence electrons. The molecule has 0 heterocycles.